The maximum atomic E-state index is 11.4. The minimum Gasteiger partial charge on any atom is -0.462 e. The number of ether oxygens (including phenoxy) is 1. The zero-order valence-corrected chi connectivity index (χ0v) is 8.82. The zero-order valence-electron chi connectivity index (χ0n) is 8.82. The molecule has 0 aromatic heterocycles. The molecule has 0 atom stereocenters. The standard InChI is InChI=1S/C12H15NO2/c1-2-15-12(14)9-5-6-10(8-3-4-8)11(13)7-9/h5-8H,2-4,13H2,1H3. The van der Waals surface area contributed by atoms with Crippen molar-refractivity contribution in [3.05, 3.63) is 29.3 Å². The van der Waals surface area contributed by atoms with Gasteiger partial charge in [-0.2, -0.15) is 0 Å². The normalized spacial score (nSPS) is 15.0. The minimum atomic E-state index is -0.299. The molecule has 2 N–H and O–H groups in total. The molecule has 15 heavy (non-hydrogen) atoms. The van der Waals surface area contributed by atoms with Crippen molar-refractivity contribution < 1.29 is 9.53 Å². The predicted octanol–water partition coefficient (Wildman–Crippen LogP) is 2.32. The Kier molecular flexibility index (Phi) is 2.62. The summed E-state index contributed by atoms with van der Waals surface area (Å²) in [5.41, 5.74) is 8.31. The van der Waals surface area contributed by atoms with Gasteiger partial charge < -0.3 is 10.5 Å². The lowest BCUT2D eigenvalue weighted by molar-refractivity contribution is 0.0526. The summed E-state index contributed by atoms with van der Waals surface area (Å²) in [6.45, 7) is 2.18. The van der Waals surface area contributed by atoms with Crippen molar-refractivity contribution in [2.45, 2.75) is 25.7 Å². The molecule has 1 aromatic rings. The molecule has 0 amide bonds. The number of nitrogens with two attached hydrogens (primary N) is 1. The number of rotatable bonds is 3. The lowest BCUT2D eigenvalue weighted by Gasteiger charge is -2.06. The number of carbonyl (C=O) groups is 1. The quantitative estimate of drug-likeness (QED) is 0.608. The molecule has 0 unspecified atom stereocenters. The van der Waals surface area contributed by atoms with Gasteiger partial charge in [0, 0.05) is 5.69 Å². The summed E-state index contributed by atoms with van der Waals surface area (Å²) in [7, 11) is 0. The van der Waals surface area contributed by atoms with Gasteiger partial charge >= 0.3 is 5.97 Å². The van der Waals surface area contributed by atoms with E-state index in [9.17, 15) is 4.79 Å². The van der Waals surface area contributed by atoms with Gasteiger partial charge in [-0.05, 0) is 43.4 Å². The van der Waals surface area contributed by atoms with E-state index in [1.807, 2.05) is 6.07 Å². The average Bonchev–Trinajstić information content (AvgIpc) is 3.01. The third-order valence-corrected chi connectivity index (χ3v) is 2.62. The number of nitrogen functional groups attached to an aromatic ring is 1. The molecule has 3 nitrogen and oxygen atoms in total. The molecule has 0 spiro atoms. The molecule has 2 rings (SSSR count). The van der Waals surface area contributed by atoms with Gasteiger partial charge in [0.05, 0.1) is 12.2 Å². The van der Waals surface area contributed by atoms with Crippen LogP contribution >= 0.6 is 0 Å². The highest BCUT2D eigenvalue weighted by atomic mass is 16.5. The van der Waals surface area contributed by atoms with Gasteiger partial charge in [-0.1, -0.05) is 6.07 Å². The SMILES string of the molecule is CCOC(=O)c1ccc(C2CC2)c(N)c1. The highest BCUT2D eigenvalue weighted by Crippen LogP contribution is 2.42. The fraction of sp³-hybridized carbons (Fsp3) is 0.417. The number of carbonyl (C=O) groups excluding carboxylic acids is 1. The van der Waals surface area contributed by atoms with E-state index in [2.05, 4.69) is 0 Å². The van der Waals surface area contributed by atoms with E-state index in [0.29, 0.717) is 23.8 Å². The summed E-state index contributed by atoms with van der Waals surface area (Å²) in [6.07, 6.45) is 2.42. The summed E-state index contributed by atoms with van der Waals surface area (Å²) in [5, 5.41) is 0. The zero-order chi connectivity index (χ0) is 10.8. The number of benzene rings is 1. The van der Waals surface area contributed by atoms with Crippen molar-refractivity contribution in [3.63, 3.8) is 0 Å². The third-order valence-electron chi connectivity index (χ3n) is 2.62. The van der Waals surface area contributed by atoms with Crippen LogP contribution in [0.25, 0.3) is 0 Å². The van der Waals surface area contributed by atoms with Crippen molar-refractivity contribution >= 4 is 11.7 Å². The number of hydrogen-bond donors (Lipinski definition) is 1. The Morgan fingerprint density at radius 1 is 1.53 bits per heavy atom. The first-order valence-corrected chi connectivity index (χ1v) is 5.29. The van der Waals surface area contributed by atoms with Gasteiger partial charge in [0.15, 0.2) is 0 Å². The Balaban J connectivity index is 2.20. The first-order valence-electron chi connectivity index (χ1n) is 5.29. The lowest BCUT2D eigenvalue weighted by atomic mass is 10.1. The van der Waals surface area contributed by atoms with Gasteiger partial charge in [-0.15, -0.1) is 0 Å². The first-order chi connectivity index (χ1) is 7.22. The van der Waals surface area contributed by atoms with Crippen molar-refractivity contribution in [3.8, 4) is 0 Å². The Morgan fingerprint density at radius 2 is 2.27 bits per heavy atom. The molecule has 1 aromatic carbocycles. The van der Waals surface area contributed by atoms with Crippen molar-refractivity contribution in [2.75, 3.05) is 12.3 Å². The highest BCUT2D eigenvalue weighted by Gasteiger charge is 2.25. The van der Waals surface area contributed by atoms with Gasteiger partial charge in [-0.3, -0.25) is 0 Å². The van der Waals surface area contributed by atoms with Crippen LogP contribution in [0.2, 0.25) is 0 Å². The summed E-state index contributed by atoms with van der Waals surface area (Å²) in [6, 6.07) is 5.45. The lowest BCUT2D eigenvalue weighted by Crippen LogP contribution is -2.06. The second-order valence-corrected chi connectivity index (χ2v) is 3.84. The van der Waals surface area contributed by atoms with E-state index in [1.54, 1.807) is 19.1 Å². The Morgan fingerprint density at radius 3 is 2.80 bits per heavy atom. The van der Waals surface area contributed by atoms with Crippen LogP contribution in [0.15, 0.2) is 18.2 Å². The van der Waals surface area contributed by atoms with E-state index in [0.717, 1.165) is 0 Å². The average molecular weight is 205 g/mol. The maximum absolute atomic E-state index is 11.4. The molecule has 1 saturated carbocycles. The maximum Gasteiger partial charge on any atom is 0.338 e. The van der Waals surface area contributed by atoms with Crippen molar-refractivity contribution in [1.29, 1.82) is 0 Å². The number of hydrogen-bond acceptors (Lipinski definition) is 3. The Labute approximate surface area is 89.2 Å². The van der Waals surface area contributed by atoms with Gasteiger partial charge in [0.2, 0.25) is 0 Å². The Hall–Kier alpha value is -1.51. The number of esters is 1. The van der Waals surface area contributed by atoms with Crippen LogP contribution in [0.1, 0.15) is 41.6 Å². The van der Waals surface area contributed by atoms with Crippen LogP contribution < -0.4 is 5.73 Å². The molecular weight excluding hydrogens is 190 g/mol. The van der Waals surface area contributed by atoms with E-state index in [1.165, 1.54) is 18.4 Å². The van der Waals surface area contributed by atoms with Crippen molar-refractivity contribution in [1.82, 2.24) is 0 Å². The van der Waals surface area contributed by atoms with E-state index in [-0.39, 0.29) is 5.97 Å². The van der Waals surface area contributed by atoms with Crippen molar-refractivity contribution in [2.24, 2.45) is 0 Å². The molecule has 1 aliphatic carbocycles. The Bertz CT molecular complexity index is 383. The molecule has 0 aliphatic heterocycles. The van der Waals surface area contributed by atoms with Gasteiger partial charge in [0.25, 0.3) is 0 Å². The van der Waals surface area contributed by atoms with Gasteiger partial charge in [0.1, 0.15) is 0 Å². The van der Waals surface area contributed by atoms with Crippen LogP contribution in [0.5, 0.6) is 0 Å². The largest absolute Gasteiger partial charge is 0.462 e. The van der Waals surface area contributed by atoms with E-state index < -0.39 is 0 Å². The smallest absolute Gasteiger partial charge is 0.338 e. The molecule has 0 saturated heterocycles. The van der Waals surface area contributed by atoms with E-state index in [4.69, 9.17) is 10.5 Å². The second-order valence-electron chi connectivity index (χ2n) is 3.84. The predicted molar refractivity (Wildman–Crippen MR) is 58.8 cm³/mol. The topological polar surface area (TPSA) is 52.3 Å². The van der Waals surface area contributed by atoms with Gasteiger partial charge in [-0.25, -0.2) is 4.79 Å². The second kappa shape index (κ2) is 3.93. The fourth-order valence-corrected chi connectivity index (χ4v) is 1.68. The van der Waals surface area contributed by atoms with E-state index >= 15 is 0 Å². The molecule has 1 aliphatic rings. The van der Waals surface area contributed by atoms with Crippen LogP contribution in [0, 0.1) is 0 Å². The summed E-state index contributed by atoms with van der Waals surface area (Å²) >= 11 is 0. The monoisotopic (exact) mass is 205 g/mol. The molecule has 0 radical (unpaired) electrons. The number of anilines is 1. The third kappa shape index (κ3) is 2.12. The molecule has 0 bridgehead atoms. The molecule has 3 heteroatoms. The molecular formula is C12H15NO2. The molecule has 1 fully saturated rings. The van der Waals surface area contributed by atoms with Crippen LogP contribution in [-0.4, -0.2) is 12.6 Å². The summed E-state index contributed by atoms with van der Waals surface area (Å²) in [4.78, 5) is 11.4. The fourth-order valence-electron chi connectivity index (χ4n) is 1.68. The molecule has 0 heterocycles. The first kappa shape index (κ1) is 10.0. The summed E-state index contributed by atoms with van der Waals surface area (Å²) < 4.78 is 4.90. The van der Waals surface area contributed by atoms with Crippen LogP contribution in [-0.2, 0) is 4.74 Å². The highest BCUT2D eigenvalue weighted by molar-refractivity contribution is 5.90. The van der Waals surface area contributed by atoms with Crippen LogP contribution in [0.3, 0.4) is 0 Å². The molecule has 80 valence electrons. The minimum absolute atomic E-state index is 0.299. The van der Waals surface area contributed by atoms with Crippen LogP contribution in [0.4, 0.5) is 5.69 Å². The summed E-state index contributed by atoms with van der Waals surface area (Å²) in [5.74, 6) is 0.313.